The van der Waals surface area contributed by atoms with Gasteiger partial charge in [-0.05, 0) is 26.3 Å². The van der Waals surface area contributed by atoms with Crippen molar-refractivity contribution < 1.29 is 4.74 Å². The van der Waals surface area contributed by atoms with Gasteiger partial charge in [0.05, 0.1) is 13.2 Å². The number of rotatable bonds is 2. The van der Waals surface area contributed by atoms with Crippen LogP contribution in [0.4, 0.5) is 0 Å². The Labute approximate surface area is 114 Å². The lowest BCUT2D eigenvalue weighted by Gasteiger charge is -2.30. The normalized spacial score (nSPS) is 16.9. The van der Waals surface area contributed by atoms with E-state index in [4.69, 9.17) is 4.74 Å². The van der Waals surface area contributed by atoms with E-state index in [1.807, 2.05) is 34.7 Å². The van der Waals surface area contributed by atoms with Gasteiger partial charge in [-0.15, -0.1) is 0 Å². The van der Waals surface area contributed by atoms with Gasteiger partial charge in [-0.1, -0.05) is 27.7 Å². The minimum Gasteiger partial charge on any atom is -0.378 e. The summed E-state index contributed by atoms with van der Waals surface area (Å²) in [6.45, 7) is 18.0. The molecule has 1 aliphatic rings. The fourth-order valence-corrected chi connectivity index (χ4v) is 1.57. The van der Waals surface area contributed by atoms with Crippen LogP contribution >= 0.6 is 0 Å². The predicted molar refractivity (Wildman–Crippen MR) is 82.5 cm³/mol. The van der Waals surface area contributed by atoms with Gasteiger partial charge in [-0.3, -0.25) is 4.99 Å². The molecule has 3 heteroatoms. The third-order valence-electron chi connectivity index (χ3n) is 2.91. The van der Waals surface area contributed by atoms with Gasteiger partial charge in [0.2, 0.25) is 0 Å². The molecule has 0 N–H and O–H groups in total. The van der Waals surface area contributed by atoms with Gasteiger partial charge >= 0.3 is 0 Å². The molecule has 0 aromatic rings. The van der Waals surface area contributed by atoms with E-state index < -0.39 is 0 Å². The summed E-state index contributed by atoms with van der Waals surface area (Å²) in [7, 11) is 1.84. The van der Waals surface area contributed by atoms with Crippen LogP contribution in [0.2, 0.25) is 0 Å². The highest BCUT2D eigenvalue weighted by molar-refractivity contribution is 5.98. The number of allylic oxidation sites excluding steroid dienone is 2. The van der Waals surface area contributed by atoms with Crippen molar-refractivity contribution in [1.82, 2.24) is 4.90 Å². The highest BCUT2D eigenvalue weighted by Gasteiger charge is 2.12. The first-order valence-corrected chi connectivity index (χ1v) is 7.10. The maximum atomic E-state index is 5.32. The van der Waals surface area contributed by atoms with Crippen molar-refractivity contribution in [1.29, 1.82) is 0 Å². The van der Waals surface area contributed by atoms with E-state index in [9.17, 15) is 0 Å². The number of morpholine rings is 1. The number of ether oxygens (including phenoxy) is 1. The van der Waals surface area contributed by atoms with Crippen LogP contribution in [-0.2, 0) is 4.74 Å². The summed E-state index contributed by atoms with van der Waals surface area (Å²) in [5.74, 6) is 0. The standard InChI is InChI=1S/C11H20N2O.2C2H6/c1-9(10(2)12-4)11(3)13-5-7-14-8-6-13;2*1-2/h5-8H2,1-4H3;2*1-2H3/b11-9+,12-10?;;. The Balaban J connectivity index is 0. The van der Waals surface area contributed by atoms with Gasteiger partial charge < -0.3 is 9.64 Å². The first-order valence-electron chi connectivity index (χ1n) is 7.10. The quantitative estimate of drug-likeness (QED) is 0.703. The van der Waals surface area contributed by atoms with Crippen molar-refractivity contribution in [3.05, 3.63) is 11.3 Å². The maximum absolute atomic E-state index is 5.32. The molecular weight excluding hydrogens is 224 g/mol. The average molecular weight is 256 g/mol. The van der Waals surface area contributed by atoms with Crippen molar-refractivity contribution in [3.63, 3.8) is 0 Å². The lowest BCUT2D eigenvalue weighted by molar-refractivity contribution is 0.0534. The predicted octanol–water partition coefficient (Wildman–Crippen LogP) is 3.76. The molecule has 1 aliphatic heterocycles. The average Bonchev–Trinajstić information content (AvgIpc) is 2.49. The van der Waals surface area contributed by atoms with Gasteiger partial charge in [0.15, 0.2) is 0 Å². The molecule has 1 fully saturated rings. The van der Waals surface area contributed by atoms with Crippen LogP contribution in [0, 0.1) is 0 Å². The molecule has 0 radical (unpaired) electrons. The third-order valence-corrected chi connectivity index (χ3v) is 2.91. The first kappa shape index (κ1) is 19.5. The summed E-state index contributed by atoms with van der Waals surface area (Å²) in [5, 5.41) is 0. The Morgan fingerprint density at radius 2 is 1.39 bits per heavy atom. The van der Waals surface area contributed by atoms with Crippen molar-refractivity contribution in [2.75, 3.05) is 33.4 Å². The summed E-state index contributed by atoms with van der Waals surface area (Å²) in [6, 6.07) is 0. The number of nitrogens with zero attached hydrogens (tertiary/aromatic N) is 2. The van der Waals surface area contributed by atoms with Gasteiger partial charge in [-0.2, -0.15) is 0 Å². The van der Waals surface area contributed by atoms with Gasteiger partial charge in [0.1, 0.15) is 0 Å². The Hall–Kier alpha value is -0.830. The van der Waals surface area contributed by atoms with Crippen LogP contribution in [0.25, 0.3) is 0 Å². The van der Waals surface area contributed by atoms with E-state index >= 15 is 0 Å². The molecule has 0 bridgehead atoms. The van der Waals surface area contributed by atoms with Gasteiger partial charge in [-0.25, -0.2) is 0 Å². The second kappa shape index (κ2) is 12.6. The summed E-state index contributed by atoms with van der Waals surface area (Å²) >= 11 is 0. The van der Waals surface area contributed by atoms with Gasteiger partial charge in [0.25, 0.3) is 0 Å². The lowest BCUT2D eigenvalue weighted by atomic mass is 10.1. The first-order chi connectivity index (χ1) is 8.66. The highest BCUT2D eigenvalue weighted by atomic mass is 16.5. The summed E-state index contributed by atoms with van der Waals surface area (Å²) in [5.41, 5.74) is 3.74. The fourth-order valence-electron chi connectivity index (χ4n) is 1.57. The molecule has 0 amide bonds. The summed E-state index contributed by atoms with van der Waals surface area (Å²) in [6.07, 6.45) is 0. The lowest BCUT2D eigenvalue weighted by Crippen LogP contribution is -2.35. The molecule has 0 aromatic heterocycles. The van der Waals surface area contributed by atoms with Crippen molar-refractivity contribution in [2.45, 2.75) is 48.5 Å². The van der Waals surface area contributed by atoms with Crippen LogP contribution in [0.3, 0.4) is 0 Å². The smallest absolute Gasteiger partial charge is 0.0642 e. The minimum atomic E-state index is 0.840. The van der Waals surface area contributed by atoms with Crippen molar-refractivity contribution >= 4 is 5.71 Å². The topological polar surface area (TPSA) is 24.8 Å². The van der Waals surface area contributed by atoms with Crippen molar-refractivity contribution in [3.8, 4) is 0 Å². The second-order valence-electron chi connectivity index (χ2n) is 3.62. The van der Waals surface area contributed by atoms with E-state index in [0.717, 1.165) is 32.0 Å². The molecule has 0 unspecified atom stereocenters. The molecule has 0 atom stereocenters. The molecule has 0 saturated carbocycles. The van der Waals surface area contributed by atoms with E-state index in [-0.39, 0.29) is 0 Å². The number of aliphatic imine (C=N–C) groups is 1. The molecule has 1 heterocycles. The molecular formula is C15H32N2O. The molecule has 1 saturated heterocycles. The molecule has 1 rings (SSSR count). The number of hydrogen-bond donors (Lipinski definition) is 0. The molecule has 0 spiro atoms. The molecule has 108 valence electrons. The maximum Gasteiger partial charge on any atom is 0.0642 e. The SMILES string of the molecule is CC.CC.CN=C(C)/C(C)=C(\C)N1CCOCC1. The van der Waals surface area contributed by atoms with Crippen LogP contribution < -0.4 is 0 Å². The minimum absolute atomic E-state index is 0.840. The second-order valence-corrected chi connectivity index (χ2v) is 3.62. The molecule has 18 heavy (non-hydrogen) atoms. The zero-order valence-corrected chi connectivity index (χ0v) is 13.6. The highest BCUT2D eigenvalue weighted by Crippen LogP contribution is 2.12. The Morgan fingerprint density at radius 3 is 1.78 bits per heavy atom. The van der Waals surface area contributed by atoms with E-state index in [1.165, 1.54) is 11.3 Å². The summed E-state index contributed by atoms with van der Waals surface area (Å²) < 4.78 is 5.32. The largest absolute Gasteiger partial charge is 0.378 e. The number of hydrogen-bond acceptors (Lipinski definition) is 3. The summed E-state index contributed by atoms with van der Waals surface area (Å²) in [4.78, 5) is 6.57. The monoisotopic (exact) mass is 256 g/mol. The molecule has 0 aromatic carbocycles. The van der Waals surface area contributed by atoms with Gasteiger partial charge in [0, 0.05) is 31.5 Å². The molecule has 3 nitrogen and oxygen atoms in total. The fraction of sp³-hybridized carbons (Fsp3) is 0.800. The van der Waals surface area contributed by atoms with Crippen LogP contribution in [0.5, 0.6) is 0 Å². The van der Waals surface area contributed by atoms with Crippen LogP contribution in [0.1, 0.15) is 48.5 Å². The van der Waals surface area contributed by atoms with E-state index in [1.54, 1.807) is 0 Å². The Morgan fingerprint density at radius 1 is 0.944 bits per heavy atom. The van der Waals surface area contributed by atoms with Crippen LogP contribution in [-0.4, -0.2) is 44.0 Å². The van der Waals surface area contributed by atoms with Crippen LogP contribution in [0.15, 0.2) is 16.3 Å². The Bertz CT molecular complexity index is 251. The van der Waals surface area contributed by atoms with E-state index in [0.29, 0.717) is 0 Å². The van der Waals surface area contributed by atoms with Crippen molar-refractivity contribution in [2.24, 2.45) is 4.99 Å². The third kappa shape index (κ3) is 6.80. The van der Waals surface area contributed by atoms with E-state index in [2.05, 4.69) is 30.7 Å². The zero-order valence-electron chi connectivity index (χ0n) is 13.6. The Kier molecular flexibility index (Phi) is 13.7. The molecule has 0 aliphatic carbocycles. The zero-order chi connectivity index (χ0) is 14.6.